The molecule has 0 spiro atoms. The molecule has 0 amide bonds. The number of hydrogen-bond donors (Lipinski definition) is 1. The number of benzene rings is 1. The van der Waals surface area contributed by atoms with Gasteiger partial charge < -0.3 is 5.32 Å². The number of rotatable bonds is 7. The zero-order valence-corrected chi connectivity index (χ0v) is 12.6. The Labute approximate surface area is 125 Å². The summed E-state index contributed by atoms with van der Waals surface area (Å²) in [5.41, 5.74) is 2.13. The van der Waals surface area contributed by atoms with Gasteiger partial charge in [-0.05, 0) is 42.8 Å². The highest BCUT2D eigenvalue weighted by molar-refractivity contribution is 5.35. The molecule has 0 aliphatic heterocycles. The van der Waals surface area contributed by atoms with E-state index >= 15 is 0 Å². The van der Waals surface area contributed by atoms with Crippen LogP contribution in [0.25, 0.3) is 0 Å². The first-order valence-electron chi connectivity index (χ1n) is 7.29. The number of aromatic nitrogens is 1. The lowest BCUT2D eigenvalue weighted by Crippen LogP contribution is -2.17. The van der Waals surface area contributed by atoms with Crippen molar-refractivity contribution in [1.29, 1.82) is 0 Å². The van der Waals surface area contributed by atoms with Crippen LogP contribution in [-0.2, 0) is 13.1 Å². The average molecular weight is 287 g/mol. The van der Waals surface area contributed by atoms with E-state index in [1.54, 1.807) is 12.1 Å². The lowest BCUT2D eigenvalue weighted by molar-refractivity contribution is 0.318. The molecule has 0 aliphatic rings. The molecule has 0 fully saturated rings. The standard InChI is InChI=1S/C17H22FN3/c1-3-9-19-17-8-7-15(11-20-17)13-21(2)12-14-5-4-6-16(18)10-14/h4-8,10-11H,3,9,12-13H2,1-2H3,(H,19,20). The van der Waals surface area contributed by atoms with Crippen molar-refractivity contribution in [1.82, 2.24) is 9.88 Å². The second-order valence-electron chi connectivity index (χ2n) is 5.28. The van der Waals surface area contributed by atoms with Crippen LogP contribution in [0.15, 0.2) is 42.6 Å². The van der Waals surface area contributed by atoms with Gasteiger partial charge in [0, 0.05) is 25.8 Å². The molecule has 0 saturated heterocycles. The van der Waals surface area contributed by atoms with E-state index < -0.39 is 0 Å². The summed E-state index contributed by atoms with van der Waals surface area (Å²) in [4.78, 5) is 6.54. The van der Waals surface area contributed by atoms with Crippen LogP contribution in [0.3, 0.4) is 0 Å². The second-order valence-corrected chi connectivity index (χ2v) is 5.28. The lowest BCUT2D eigenvalue weighted by atomic mass is 10.2. The number of hydrogen-bond acceptors (Lipinski definition) is 3. The van der Waals surface area contributed by atoms with Crippen LogP contribution in [-0.4, -0.2) is 23.5 Å². The van der Waals surface area contributed by atoms with Gasteiger partial charge in [0.1, 0.15) is 11.6 Å². The normalized spacial score (nSPS) is 10.9. The monoisotopic (exact) mass is 287 g/mol. The lowest BCUT2D eigenvalue weighted by Gasteiger charge is -2.17. The Balaban J connectivity index is 1.88. The minimum absolute atomic E-state index is 0.186. The molecular weight excluding hydrogens is 265 g/mol. The minimum Gasteiger partial charge on any atom is -0.370 e. The molecule has 3 nitrogen and oxygen atoms in total. The van der Waals surface area contributed by atoms with Gasteiger partial charge in [-0.1, -0.05) is 25.1 Å². The fraction of sp³-hybridized carbons (Fsp3) is 0.353. The first kappa shape index (κ1) is 15.4. The van der Waals surface area contributed by atoms with E-state index in [4.69, 9.17) is 0 Å². The van der Waals surface area contributed by atoms with Crippen molar-refractivity contribution in [2.24, 2.45) is 0 Å². The van der Waals surface area contributed by atoms with Crippen molar-refractivity contribution in [3.8, 4) is 0 Å². The van der Waals surface area contributed by atoms with Crippen molar-refractivity contribution in [3.05, 3.63) is 59.5 Å². The maximum absolute atomic E-state index is 13.2. The molecule has 0 radical (unpaired) electrons. The molecule has 1 aromatic carbocycles. The van der Waals surface area contributed by atoms with Gasteiger partial charge in [-0.25, -0.2) is 9.37 Å². The van der Waals surface area contributed by atoms with Gasteiger partial charge >= 0.3 is 0 Å². The van der Waals surface area contributed by atoms with Crippen molar-refractivity contribution in [3.63, 3.8) is 0 Å². The average Bonchev–Trinajstić information content (AvgIpc) is 2.46. The Morgan fingerprint density at radius 1 is 1.14 bits per heavy atom. The first-order valence-corrected chi connectivity index (χ1v) is 7.29. The molecule has 2 aromatic rings. The summed E-state index contributed by atoms with van der Waals surface area (Å²) in [7, 11) is 2.02. The van der Waals surface area contributed by atoms with Crippen molar-refractivity contribution in [2.75, 3.05) is 18.9 Å². The van der Waals surface area contributed by atoms with Crippen LogP contribution in [0.4, 0.5) is 10.2 Å². The predicted octanol–water partition coefficient (Wildman–Crippen LogP) is 3.67. The van der Waals surface area contributed by atoms with Gasteiger partial charge in [-0.2, -0.15) is 0 Å². The van der Waals surface area contributed by atoms with Crippen LogP contribution in [0, 0.1) is 5.82 Å². The molecule has 4 heteroatoms. The first-order chi connectivity index (χ1) is 10.2. The summed E-state index contributed by atoms with van der Waals surface area (Å²) in [5.74, 6) is 0.724. The highest BCUT2D eigenvalue weighted by atomic mass is 19.1. The fourth-order valence-electron chi connectivity index (χ4n) is 2.19. The Hall–Kier alpha value is -1.94. The summed E-state index contributed by atoms with van der Waals surface area (Å²) in [6.45, 7) is 4.57. The molecule has 0 bridgehead atoms. The third-order valence-corrected chi connectivity index (χ3v) is 3.17. The fourth-order valence-corrected chi connectivity index (χ4v) is 2.19. The van der Waals surface area contributed by atoms with Crippen LogP contribution in [0.2, 0.25) is 0 Å². The second kappa shape index (κ2) is 7.74. The van der Waals surface area contributed by atoms with Crippen molar-refractivity contribution in [2.45, 2.75) is 26.4 Å². The largest absolute Gasteiger partial charge is 0.370 e. The summed E-state index contributed by atoms with van der Waals surface area (Å²) in [5, 5.41) is 3.25. The topological polar surface area (TPSA) is 28.2 Å². The molecule has 0 saturated carbocycles. The predicted molar refractivity (Wildman–Crippen MR) is 84.6 cm³/mol. The van der Waals surface area contributed by atoms with Gasteiger partial charge in [0.05, 0.1) is 0 Å². The maximum Gasteiger partial charge on any atom is 0.125 e. The Morgan fingerprint density at radius 3 is 2.62 bits per heavy atom. The third kappa shape index (κ3) is 5.16. The number of anilines is 1. The van der Waals surface area contributed by atoms with Crippen LogP contribution < -0.4 is 5.32 Å². The van der Waals surface area contributed by atoms with E-state index in [2.05, 4.69) is 28.2 Å². The van der Waals surface area contributed by atoms with E-state index in [9.17, 15) is 4.39 Å². The van der Waals surface area contributed by atoms with Crippen LogP contribution in [0.5, 0.6) is 0 Å². The summed E-state index contributed by atoms with van der Waals surface area (Å²) in [6.07, 6.45) is 2.97. The van der Waals surface area contributed by atoms with Crippen molar-refractivity contribution >= 4 is 5.82 Å². The number of nitrogens with zero attached hydrogens (tertiary/aromatic N) is 2. The Bertz CT molecular complexity index is 554. The van der Waals surface area contributed by atoms with Gasteiger partial charge in [0.2, 0.25) is 0 Å². The highest BCUT2D eigenvalue weighted by Gasteiger charge is 2.03. The van der Waals surface area contributed by atoms with E-state index in [-0.39, 0.29) is 5.82 Å². The summed E-state index contributed by atoms with van der Waals surface area (Å²) in [6, 6.07) is 10.8. The van der Waals surface area contributed by atoms with E-state index in [1.165, 1.54) is 6.07 Å². The Morgan fingerprint density at radius 2 is 1.95 bits per heavy atom. The zero-order valence-electron chi connectivity index (χ0n) is 12.6. The summed E-state index contributed by atoms with van der Waals surface area (Å²) < 4.78 is 13.2. The SMILES string of the molecule is CCCNc1ccc(CN(C)Cc2cccc(F)c2)cn1. The van der Waals surface area contributed by atoms with Crippen LogP contribution >= 0.6 is 0 Å². The quantitative estimate of drug-likeness (QED) is 0.842. The number of pyridine rings is 1. The molecule has 1 N–H and O–H groups in total. The minimum atomic E-state index is -0.186. The number of halogens is 1. The molecule has 1 aromatic heterocycles. The summed E-state index contributed by atoms with van der Waals surface area (Å²) >= 11 is 0. The molecule has 0 aliphatic carbocycles. The smallest absolute Gasteiger partial charge is 0.125 e. The van der Waals surface area contributed by atoms with Crippen LogP contribution in [0.1, 0.15) is 24.5 Å². The molecule has 0 unspecified atom stereocenters. The highest BCUT2D eigenvalue weighted by Crippen LogP contribution is 2.11. The Kier molecular flexibility index (Phi) is 5.69. The number of nitrogens with one attached hydrogen (secondary N) is 1. The molecule has 112 valence electrons. The van der Waals surface area contributed by atoms with Gasteiger partial charge in [-0.15, -0.1) is 0 Å². The van der Waals surface area contributed by atoms with Crippen molar-refractivity contribution < 1.29 is 4.39 Å². The van der Waals surface area contributed by atoms with Gasteiger partial charge in [-0.3, -0.25) is 4.90 Å². The molecular formula is C17H22FN3. The van der Waals surface area contributed by atoms with E-state index in [0.717, 1.165) is 36.5 Å². The maximum atomic E-state index is 13.2. The molecule has 2 rings (SSSR count). The van der Waals surface area contributed by atoms with Gasteiger partial charge in [0.25, 0.3) is 0 Å². The third-order valence-electron chi connectivity index (χ3n) is 3.17. The zero-order chi connectivity index (χ0) is 15.1. The van der Waals surface area contributed by atoms with E-state index in [1.807, 2.05) is 25.4 Å². The molecule has 0 atom stereocenters. The van der Waals surface area contributed by atoms with Gasteiger partial charge in [0.15, 0.2) is 0 Å². The molecule has 21 heavy (non-hydrogen) atoms. The van der Waals surface area contributed by atoms with E-state index in [0.29, 0.717) is 6.54 Å². The molecule has 1 heterocycles.